The number of nitrogens with two attached hydrogens (primary N) is 2. The fourth-order valence-corrected chi connectivity index (χ4v) is 2.55. The molecule has 0 bridgehead atoms. The molecular weight excluding hydrogens is 422 g/mol. The Morgan fingerprint density at radius 1 is 1.27 bits per heavy atom. The van der Waals surface area contributed by atoms with Crippen molar-refractivity contribution >= 4 is 22.3 Å². The van der Waals surface area contributed by atoms with Gasteiger partial charge in [0.05, 0.1) is 6.54 Å². The monoisotopic (exact) mass is 435 g/mol. The van der Waals surface area contributed by atoms with Gasteiger partial charge in [-0.05, 0) is 40.2 Å². The number of hydrazine groups is 1. The molecule has 0 saturated heterocycles. The van der Waals surface area contributed by atoms with Gasteiger partial charge in [0.25, 0.3) is 0 Å². The van der Waals surface area contributed by atoms with Gasteiger partial charge in [0.15, 0.2) is 5.60 Å². The van der Waals surface area contributed by atoms with Crippen LogP contribution in [-0.4, -0.2) is 28.1 Å². The average Bonchev–Trinajstić information content (AvgIpc) is 2.55. The Balaban J connectivity index is 2.64. The number of aromatic nitrogens is 1. The van der Waals surface area contributed by atoms with Gasteiger partial charge in [-0.2, -0.15) is 13.9 Å². The van der Waals surface area contributed by atoms with Crippen molar-refractivity contribution in [3.8, 4) is 0 Å². The largest absolute Gasteiger partial charge is 0.388 e. The second-order valence-corrected chi connectivity index (χ2v) is 6.20. The van der Waals surface area contributed by atoms with E-state index in [1.165, 1.54) is 6.07 Å². The smallest absolute Gasteiger partial charge is 0.323 e. The lowest BCUT2D eigenvalue weighted by Crippen LogP contribution is -2.53. The highest BCUT2D eigenvalue weighted by molar-refractivity contribution is 9.10. The first-order chi connectivity index (χ1) is 12.1. The first-order valence-electron chi connectivity index (χ1n) is 7.06. The summed E-state index contributed by atoms with van der Waals surface area (Å²) < 4.78 is 58.1. The van der Waals surface area contributed by atoms with Gasteiger partial charge in [0.2, 0.25) is 0 Å². The summed E-state index contributed by atoms with van der Waals surface area (Å²) in [4.78, 5) is 3.57. The van der Waals surface area contributed by atoms with Crippen molar-refractivity contribution in [2.45, 2.75) is 11.5 Å². The Bertz CT molecular complexity index is 805. The van der Waals surface area contributed by atoms with E-state index < -0.39 is 41.0 Å². The SMILES string of the molecule is N/C=N\N(N)CC(O)(c1ccc(F)cc1F)C(F)(F)c1ccc(Br)cn1. The minimum atomic E-state index is -4.12. The molecule has 1 aromatic carbocycles. The predicted molar refractivity (Wildman–Crippen MR) is 89.7 cm³/mol. The minimum absolute atomic E-state index is 0.373. The van der Waals surface area contributed by atoms with Crippen LogP contribution in [0.15, 0.2) is 46.1 Å². The molecule has 1 unspecified atom stereocenters. The maximum absolute atomic E-state index is 15.1. The van der Waals surface area contributed by atoms with Gasteiger partial charge < -0.3 is 10.8 Å². The first-order valence-corrected chi connectivity index (χ1v) is 7.85. The number of halogens is 5. The van der Waals surface area contributed by atoms with Crippen molar-refractivity contribution in [2.75, 3.05) is 6.54 Å². The summed E-state index contributed by atoms with van der Waals surface area (Å²) in [6.07, 6.45) is 1.79. The third-order valence-electron chi connectivity index (χ3n) is 3.55. The molecule has 0 aliphatic carbocycles. The highest BCUT2D eigenvalue weighted by Gasteiger charge is 2.58. The highest BCUT2D eigenvalue weighted by Crippen LogP contribution is 2.46. The number of benzene rings is 1. The quantitative estimate of drug-likeness (QED) is 0.212. The van der Waals surface area contributed by atoms with E-state index in [2.05, 4.69) is 26.0 Å². The van der Waals surface area contributed by atoms with E-state index in [4.69, 9.17) is 11.6 Å². The topological polar surface area (TPSA) is 101 Å². The number of nitrogens with zero attached hydrogens (tertiary/aromatic N) is 3. The third kappa shape index (κ3) is 3.79. The molecule has 0 radical (unpaired) electrons. The van der Waals surface area contributed by atoms with Crippen LogP contribution < -0.4 is 11.6 Å². The van der Waals surface area contributed by atoms with E-state index in [1.807, 2.05) is 0 Å². The molecule has 0 aliphatic heterocycles. The molecule has 11 heteroatoms. The van der Waals surface area contributed by atoms with Crippen LogP contribution in [0.1, 0.15) is 11.3 Å². The zero-order valence-corrected chi connectivity index (χ0v) is 14.7. The van der Waals surface area contributed by atoms with E-state index >= 15 is 8.78 Å². The summed E-state index contributed by atoms with van der Waals surface area (Å²) in [5.41, 5.74) is 0.0922. The Kier molecular flexibility index (Phi) is 5.84. The van der Waals surface area contributed by atoms with Crippen molar-refractivity contribution in [3.05, 3.63) is 63.9 Å². The normalized spacial score (nSPS) is 14.4. The molecule has 0 fully saturated rings. The molecule has 1 aromatic heterocycles. The van der Waals surface area contributed by atoms with E-state index in [9.17, 15) is 13.9 Å². The molecule has 1 atom stereocenters. The number of alkyl halides is 2. The number of hydrogen-bond donors (Lipinski definition) is 3. The Morgan fingerprint density at radius 2 is 1.96 bits per heavy atom. The highest BCUT2D eigenvalue weighted by atomic mass is 79.9. The maximum atomic E-state index is 15.1. The number of aliphatic hydroxyl groups is 1. The summed E-state index contributed by atoms with van der Waals surface area (Å²) in [5.74, 6) is -1.07. The molecule has 140 valence electrons. The van der Waals surface area contributed by atoms with E-state index in [0.29, 0.717) is 28.1 Å². The molecule has 1 heterocycles. The second kappa shape index (κ2) is 7.56. The van der Waals surface area contributed by atoms with Crippen molar-refractivity contribution in [1.29, 1.82) is 0 Å². The predicted octanol–water partition coefficient (Wildman–Crippen LogP) is 2.18. The van der Waals surface area contributed by atoms with E-state index in [-0.39, 0.29) is 0 Å². The van der Waals surface area contributed by atoms with E-state index in [0.717, 1.165) is 18.3 Å². The zero-order chi connectivity index (χ0) is 19.5. The Morgan fingerprint density at radius 3 is 2.50 bits per heavy atom. The number of pyridine rings is 1. The van der Waals surface area contributed by atoms with Gasteiger partial charge in [-0.25, -0.2) is 19.7 Å². The van der Waals surface area contributed by atoms with E-state index in [1.54, 1.807) is 0 Å². The van der Waals surface area contributed by atoms with Crippen LogP contribution in [-0.2, 0) is 11.5 Å². The molecular formula is C15H14BrF4N5O. The summed E-state index contributed by atoms with van der Waals surface area (Å²) in [6, 6.07) is 4.04. The maximum Gasteiger partial charge on any atom is 0.323 e. The molecule has 0 spiro atoms. The van der Waals surface area contributed by atoms with Crippen LogP contribution in [0.4, 0.5) is 17.6 Å². The number of hydrogen-bond acceptors (Lipinski definition) is 5. The summed E-state index contributed by atoms with van der Waals surface area (Å²) in [6.45, 7) is -1.06. The molecule has 5 N–H and O–H groups in total. The Labute approximate surface area is 154 Å². The van der Waals surface area contributed by atoms with Gasteiger partial charge in [-0.1, -0.05) is 0 Å². The molecule has 0 aliphatic rings. The second-order valence-electron chi connectivity index (χ2n) is 5.28. The van der Waals surface area contributed by atoms with Gasteiger partial charge in [-0.3, -0.25) is 4.98 Å². The lowest BCUT2D eigenvalue weighted by atomic mass is 9.84. The van der Waals surface area contributed by atoms with Crippen LogP contribution in [0, 0.1) is 11.6 Å². The lowest BCUT2D eigenvalue weighted by molar-refractivity contribution is -0.208. The summed E-state index contributed by atoms with van der Waals surface area (Å²) in [5, 5.41) is 14.6. The third-order valence-corrected chi connectivity index (χ3v) is 4.02. The standard InChI is InChI=1S/C15H14BrF4N5O/c16-9-1-4-13(23-6-9)15(19,20)14(26,7-25(22)24-8-21)11-3-2-10(17)5-12(11)18/h1-6,8,26H,7,22H2,(H2,21,24). The van der Waals surface area contributed by atoms with Crippen LogP contribution >= 0.6 is 15.9 Å². The van der Waals surface area contributed by atoms with Crippen LogP contribution in [0.5, 0.6) is 0 Å². The minimum Gasteiger partial charge on any atom is -0.388 e. The van der Waals surface area contributed by atoms with Crippen molar-refractivity contribution in [3.63, 3.8) is 0 Å². The number of hydrazone groups is 1. The first kappa shape index (κ1) is 20.1. The summed E-state index contributed by atoms with van der Waals surface area (Å²) in [7, 11) is 0. The van der Waals surface area contributed by atoms with Gasteiger partial charge in [0, 0.05) is 22.3 Å². The summed E-state index contributed by atoms with van der Waals surface area (Å²) >= 11 is 3.06. The molecule has 26 heavy (non-hydrogen) atoms. The molecule has 6 nitrogen and oxygen atoms in total. The van der Waals surface area contributed by atoms with Gasteiger partial charge in [-0.15, -0.1) is 0 Å². The fraction of sp³-hybridized carbons (Fsp3) is 0.200. The molecule has 2 aromatic rings. The number of rotatable bonds is 6. The van der Waals surface area contributed by atoms with Crippen LogP contribution in [0.3, 0.4) is 0 Å². The molecule has 0 saturated carbocycles. The van der Waals surface area contributed by atoms with Crippen molar-refractivity contribution in [1.82, 2.24) is 10.1 Å². The lowest BCUT2D eigenvalue weighted by Gasteiger charge is -2.37. The average molecular weight is 436 g/mol. The van der Waals surface area contributed by atoms with Gasteiger partial charge in [0.1, 0.15) is 23.7 Å². The van der Waals surface area contributed by atoms with Crippen molar-refractivity contribution in [2.24, 2.45) is 16.7 Å². The van der Waals surface area contributed by atoms with Gasteiger partial charge >= 0.3 is 5.92 Å². The molecule has 2 rings (SSSR count). The van der Waals surface area contributed by atoms with Crippen LogP contribution in [0.25, 0.3) is 0 Å². The fourth-order valence-electron chi connectivity index (χ4n) is 2.31. The van der Waals surface area contributed by atoms with Crippen molar-refractivity contribution < 1.29 is 22.7 Å². The Hall–Kier alpha value is -2.24. The van der Waals surface area contributed by atoms with Crippen LogP contribution in [0.2, 0.25) is 0 Å². The molecule has 0 amide bonds. The zero-order valence-electron chi connectivity index (χ0n) is 13.1.